The topological polar surface area (TPSA) is 64.0 Å². The molecule has 0 radical (unpaired) electrons. The SMILES string of the molecule is Cc1ccccc1C(C)NC(=O)c1ccc2c(=O)n3c(nc2c1)CCCCCC3. The van der Waals surface area contributed by atoms with Crippen LogP contribution in [0, 0.1) is 6.92 Å². The highest BCUT2D eigenvalue weighted by Crippen LogP contribution is 2.19. The summed E-state index contributed by atoms with van der Waals surface area (Å²) in [6, 6.07) is 13.1. The van der Waals surface area contributed by atoms with E-state index < -0.39 is 0 Å². The minimum Gasteiger partial charge on any atom is -0.346 e. The third-order valence-electron chi connectivity index (χ3n) is 5.83. The average molecular weight is 389 g/mol. The number of carbonyl (C=O) groups excluding carboxylic acids is 1. The molecule has 5 nitrogen and oxygen atoms in total. The van der Waals surface area contributed by atoms with Gasteiger partial charge in [0.05, 0.1) is 16.9 Å². The molecule has 1 aromatic heterocycles. The monoisotopic (exact) mass is 389 g/mol. The molecule has 4 rings (SSSR count). The van der Waals surface area contributed by atoms with Gasteiger partial charge in [-0.05, 0) is 56.0 Å². The molecular weight excluding hydrogens is 362 g/mol. The van der Waals surface area contributed by atoms with Crippen LogP contribution < -0.4 is 10.9 Å². The molecular formula is C24H27N3O2. The van der Waals surface area contributed by atoms with Crippen molar-refractivity contribution >= 4 is 16.8 Å². The van der Waals surface area contributed by atoms with Gasteiger partial charge in [0, 0.05) is 18.5 Å². The Morgan fingerprint density at radius 3 is 2.72 bits per heavy atom. The fourth-order valence-corrected chi connectivity index (χ4v) is 4.17. The second-order valence-corrected chi connectivity index (χ2v) is 7.93. The summed E-state index contributed by atoms with van der Waals surface area (Å²) in [7, 11) is 0. The first-order valence-corrected chi connectivity index (χ1v) is 10.4. The van der Waals surface area contributed by atoms with Gasteiger partial charge in [-0.1, -0.05) is 37.1 Å². The number of nitrogens with zero attached hydrogens (tertiary/aromatic N) is 2. The third kappa shape index (κ3) is 3.95. The Balaban J connectivity index is 1.64. The summed E-state index contributed by atoms with van der Waals surface area (Å²) in [4.78, 5) is 30.5. The molecule has 0 fully saturated rings. The Morgan fingerprint density at radius 1 is 1.10 bits per heavy atom. The Bertz CT molecular complexity index is 1120. The molecule has 3 aromatic rings. The number of aryl methyl sites for hydroxylation is 2. The van der Waals surface area contributed by atoms with Crippen LogP contribution in [0.4, 0.5) is 0 Å². The number of benzene rings is 2. The van der Waals surface area contributed by atoms with Gasteiger partial charge in [-0.3, -0.25) is 14.2 Å². The summed E-state index contributed by atoms with van der Waals surface area (Å²) in [6.45, 7) is 4.75. The van der Waals surface area contributed by atoms with E-state index in [-0.39, 0.29) is 17.5 Å². The average Bonchev–Trinajstić information content (AvgIpc) is 2.69. The third-order valence-corrected chi connectivity index (χ3v) is 5.83. The largest absolute Gasteiger partial charge is 0.346 e. The Kier molecular flexibility index (Phi) is 5.47. The van der Waals surface area contributed by atoms with Crippen LogP contribution in [0.2, 0.25) is 0 Å². The number of hydrogen-bond acceptors (Lipinski definition) is 3. The molecule has 2 heterocycles. The van der Waals surface area contributed by atoms with Crippen LogP contribution in [0.15, 0.2) is 47.3 Å². The molecule has 5 heteroatoms. The fourth-order valence-electron chi connectivity index (χ4n) is 4.17. The second kappa shape index (κ2) is 8.19. The summed E-state index contributed by atoms with van der Waals surface area (Å²) in [5, 5.41) is 3.64. The van der Waals surface area contributed by atoms with E-state index in [4.69, 9.17) is 4.98 Å². The van der Waals surface area contributed by atoms with E-state index in [9.17, 15) is 9.59 Å². The highest BCUT2D eigenvalue weighted by atomic mass is 16.1. The first-order chi connectivity index (χ1) is 14.0. The lowest BCUT2D eigenvalue weighted by molar-refractivity contribution is 0.0940. The van der Waals surface area contributed by atoms with E-state index in [1.54, 1.807) is 18.2 Å². The van der Waals surface area contributed by atoms with Crippen LogP contribution in [-0.4, -0.2) is 15.5 Å². The van der Waals surface area contributed by atoms with Gasteiger partial charge in [0.1, 0.15) is 5.82 Å². The van der Waals surface area contributed by atoms with Crippen LogP contribution >= 0.6 is 0 Å². The van der Waals surface area contributed by atoms with Gasteiger partial charge < -0.3 is 5.32 Å². The lowest BCUT2D eigenvalue weighted by atomic mass is 10.0. The molecule has 1 aliphatic heterocycles. The molecule has 2 aromatic carbocycles. The van der Waals surface area contributed by atoms with Crippen molar-refractivity contribution in [3.8, 4) is 0 Å². The maximum atomic E-state index is 12.9. The van der Waals surface area contributed by atoms with E-state index in [1.807, 2.05) is 42.7 Å². The normalized spacial score (nSPS) is 15.2. The van der Waals surface area contributed by atoms with Crippen LogP contribution in [0.25, 0.3) is 10.9 Å². The zero-order valence-corrected chi connectivity index (χ0v) is 17.1. The molecule has 0 aliphatic carbocycles. The molecule has 0 saturated heterocycles. The van der Waals surface area contributed by atoms with E-state index in [2.05, 4.69) is 5.32 Å². The highest BCUT2D eigenvalue weighted by Gasteiger charge is 2.16. The molecule has 0 bridgehead atoms. The molecule has 1 unspecified atom stereocenters. The predicted octanol–water partition coefficient (Wildman–Crippen LogP) is 4.31. The van der Waals surface area contributed by atoms with Crippen LogP contribution in [-0.2, 0) is 13.0 Å². The molecule has 150 valence electrons. The van der Waals surface area contributed by atoms with Crippen molar-refractivity contribution < 1.29 is 4.79 Å². The van der Waals surface area contributed by atoms with Gasteiger partial charge in [0.2, 0.25) is 0 Å². The molecule has 0 saturated carbocycles. The summed E-state index contributed by atoms with van der Waals surface area (Å²) >= 11 is 0. The Hall–Kier alpha value is -2.95. The fraction of sp³-hybridized carbons (Fsp3) is 0.375. The van der Waals surface area contributed by atoms with Crippen molar-refractivity contribution in [3.05, 3.63) is 75.3 Å². The maximum absolute atomic E-state index is 12.9. The number of aromatic nitrogens is 2. The highest BCUT2D eigenvalue weighted by molar-refractivity contribution is 5.97. The van der Waals surface area contributed by atoms with Crippen molar-refractivity contribution in [1.29, 1.82) is 0 Å². The number of hydrogen-bond donors (Lipinski definition) is 1. The van der Waals surface area contributed by atoms with Gasteiger partial charge in [-0.15, -0.1) is 0 Å². The number of nitrogens with one attached hydrogen (secondary N) is 1. The molecule has 0 spiro atoms. The van der Waals surface area contributed by atoms with E-state index in [0.29, 0.717) is 16.5 Å². The quantitative estimate of drug-likeness (QED) is 0.726. The van der Waals surface area contributed by atoms with Gasteiger partial charge in [-0.25, -0.2) is 4.98 Å². The summed E-state index contributed by atoms with van der Waals surface area (Å²) in [6.07, 6.45) is 5.20. The zero-order chi connectivity index (χ0) is 20.4. The predicted molar refractivity (Wildman–Crippen MR) is 115 cm³/mol. The van der Waals surface area contributed by atoms with Crippen molar-refractivity contribution in [2.45, 2.75) is 58.5 Å². The molecule has 29 heavy (non-hydrogen) atoms. The second-order valence-electron chi connectivity index (χ2n) is 7.93. The summed E-state index contributed by atoms with van der Waals surface area (Å²) in [5.74, 6) is 0.685. The standard InChI is InChI=1S/C24H27N3O2/c1-16-9-6-7-10-19(16)17(2)25-23(28)18-12-13-20-21(15-18)26-22-11-5-3-4-8-14-27(22)24(20)29/h6-7,9-10,12-13,15,17H,3-5,8,11,14H2,1-2H3,(H,25,28). The number of carbonyl (C=O) groups is 1. The summed E-state index contributed by atoms with van der Waals surface area (Å²) < 4.78 is 1.82. The Morgan fingerprint density at radius 2 is 1.90 bits per heavy atom. The Labute approximate surface area is 170 Å². The van der Waals surface area contributed by atoms with Crippen molar-refractivity contribution in [2.75, 3.05) is 0 Å². The van der Waals surface area contributed by atoms with Crippen LogP contribution in [0.3, 0.4) is 0 Å². The van der Waals surface area contributed by atoms with Crippen molar-refractivity contribution in [2.24, 2.45) is 0 Å². The smallest absolute Gasteiger partial charge is 0.261 e. The van der Waals surface area contributed by atoms with E-state index in [1.165, 1.54) is 6.42 Å². The van der Waals surface area contributed by atoms with Crippen molar-refractivity contribution in [1.82, 2.24) is 14.9 Å². The zero-order valence-electron chi connectivity index (χ0n) is 17.1. The van der Waals surface area contributed by atoms with Gasteiger partial charge >= 0.3 is 0 Å². The lowest BCUT2D eigenvalue weighted by Crippen LogP contribution is -2.28. The van der Waals surface area contributed by atoms with E-state index >= 15 is 0 Å². The molecule has 1 N–H and O–H groups in total. The van der Waals surface area contributed by atoms with Crippen LogP contribution in [0.1, 0.15) is 66.0 Å². The number of fused-ring (bicyclic) bond motifs is 2. The molecule has 1 aliphatic rings. The van der Waals surface area contributed by atoms with Gasteiger partial charge in [-0.2, -0.15) is 0 Å². The number of amides is 1. The van der Waals surface area contributed by atoms with Gasteiger partial charge in [0.25, 0.3) is 11.5 Å². The minimum absolute atomic E-state index is 0.00661. The first-order valence-electron chi connectivity index (χ1n) is 10.4. The number of rotatable bonds is 3. The van der Waals surface area contributed by atoms with Crippen molar-refractivity contribution in [3.63, 3.8) is 0 Å². The first kappa shape index (κ1) is 19.4. The van der Waals surface area contributed by atoms with Gasteiger partial charge in [0.15, 0.2) is 0 Å². The summed E-state index contributed by atoms with van der Waals surface area (Å²) in [5.41, 5.74) is 3.39. The molecule has 1 atom stereocenters. The molecule has 1 amide bonds. The maximum Gasteiger partial charge on any atom is 0.261 e. The minimum atomic E-state index is -0.156. The van der Waals surface area contributed by atoms with E-state index in [0.717, 1.165) is 49.2 Å². The lowest BCUT2D eigenvalue weighted by Gasteiger charge is -2.18. The van der Waals surface area contributed by atoms with Crippen LogP contribution in [0.5, 0.6) is 0 Å².